The molecule has 0 saturated carbocycles. The molecule has 2 nitrogen and oxygen atoms in total. The van der Waals surface area contributed by atoms with E-state index in [0.29, 0.717) is 0 Å². The molecule has 0 saturated heterocycles. The van der Waals surface area contributed by atoms with Crippen LogP contribution in [0.1, 0.15) is 37.8 Å². The molecule has 0 heterocycles. The second kappa shape index (κ2) is 18.7. The molecule has 0 N–H and O–H groups in total. The predicted molar refractivity (Wildman–Crippen MR) is 199 cm³/mol. The Labute approximate surface area is 282 Å². The van der Waals surface area contributed by atoms with Gasteiger partial charge in [-0.3, -0.25) is 0 Å². The first kappa shape index (κ1) is 34.7. The van der Waals surface area contributed by atoms with Crippen molar-refractivity contribution < 1.29 is 16.8 Å². The molecular weight excluding hydrogens is 629 g/mol. The number of nitrogens with zero attached hydrogens (tertiary/aromatic N) is 2. The van der Waals surface area contributed by atoms with Crippen LogP contribution in [0.2, 0.25) is 0 Å². The van der Waals surface area contributed by atoms with E-state index < -0.39 is 15.8 Å². The molecule has 45 heavy (non-hydrogen) atoms. The number of benzene rings is 5. The summed E-state index contributed by atoms with van der Waals surface area (Å²) in [4.78, 5) is 9.94. The number of aliphatic imine (C=N–C) groups is 2. The van der Waals surface area contributed by atoms with Crippen LogP contribution in [0.3, 0.4) is 0 Å². The number of rotatable bonds is 14. The molecule has 1 radical (unpaired) electrons. The summed E-state index contributed by atoms with van der Waals surface area (Å²) in [6.07, 6.45) is 4.49. The molecule has 5 rings (SSSR count). The molecule has 0 unspecified atom stereocenters. The van der Waals surface area contributed by atoms with Gasteiger partial charge < -0.3 is 9.98 Å². The summed E-state index contributed by atoms with van der Waals surface area (Å²) >= 11 is 0. The summed E-state index contributed by atoms with van der Waals surface area (Å²) in [7, 11) is -1.64. The van der Waals surface area contributed by atoms with Crippen LogP contribution in [0.5, 0.6) is 0 Å². The Balaban J connectivity index is 0.00000461. The van der Waals surface area contributed by atoms with Gasteiger partial charge in [0.1, 0.15) is 0 Å². The zero-order valence-electron chi connectivity index (χ0n) is 26.2. The third-order valence-corrected chi connectivity index (χ3v) is 13.8. The Hall–Kier alpha value is -3.19. The van der Waals surface area contributed by atoms with Crippen LogP contribution in [0.25, 0.3) is 0 Å². The van der Waals surface area contributed by atoms with Gasteiger partial charge in [-0.05, 0) is 60.0 Å². The first-order valence-electron chi connectivity index (χ1n) is 15.7. The molecule has 0 spiro atoms. The van der Waals surface area contributed by atoms with E-state index in [4.69, 9.17) is 9.98 Å². The van der Waals surface area contributed by atoms with Crippen molar-refractivity contribution in [2.24, 2.45) is 9.98 Å². The van der Waals surface area contributed by atoms with Crippen LogP contribution >= 0.6 is 15.8 Å². The van der Waals surface area contributed by atoms with Crippen LogP contribution in [0, 0.1) is 6.07 Å². The SMILES string of the molecule is CC(=NCCC[PH+](c1ccccc1)c1ccccc1)c1[c-]c(C(C)=NCCC[PH+](c2ccccc2)c2ccccc2)ccc1.[Co]. The third-order valence-electron chi connectivity index (χ3n) is 7.93. The molecule has 0 amide bonds. The molecule has 0 aromatic heterocycles. The molecule has 5 aromatic carbocycles. The van der Waals surface area contributed by atoms with Gasteiger partial charge in [0.15, 0.2) is 0 Å². The average Bonchev–Trinajstić information content (AvgIpc) is 3.09. The van der Waals surface area contributed by atoms with Crippen molar-refractivity contribution in [1.29, 1.82) is 0 Å². The van der Waals surface area contributed by atoms with Gasteiger partial charge in [0.2, 0.25) is 0 Å². The van der Waals surface area contributed by atoms with E-state index in [2.05, 4.69) is 159 Å². The van der Waals surface area contributed by atoms with E-state index in [9.17, 15) is 0 Å². The van der Waals surface area contributed by atoms with E-state index in [1.165, 1.54) is 33.5 Å². The van der Waals surface area contributed by atoms with Crippen molar-refractivity contribution >= 4 is 48.5 Å². The number of hydrogen-bond donors (Lipinski definition) is 0. The largest absolute Gasteiger partial charge is 0.328 e. The molecule has 5 heteroatoms. The summed E-state index contributed by atoms with van der Waals surface area (Å²) < 4.78 is 0. The molecule has 0 atom stereocenters. The Morgan fingerprint density at radius 3 is 1.09 bits per heavy atom. The Bertz CT molecular complexity index is 1430. The Morgan fingerprint density at radius 1 is 0.467 bits per heavy atom. The molecule has 0 bridgehead atoms. The van der Waals surface area contributed by atoms with Gasteiger partial charge in [0, 0.05) is 42.7 Å². The minimum absolute atomic E-state index is 0. The molecule has 231 valence electrons. The molecule has 0 aliphatic heterocycles. The van der Waals surface area contributed by atoms with E-state index in [1.807, 2.05) is 0 Å². The van der Waals surface area contributed by atoms with Gasteiger partial charge in [-0.15, -0.1) is 35.4 Å². The Morgan fingerprint density at radius 2 is 0.778 bits per heavy atom. The van der Waals surface area contributed by atoms with Crippen molar-refractivity contribution in [1.82, 2.24) is 0 Å². The van der Waals surface area contributed by atoms with Crippen LogP contribution < -0.4 is 21.2 Å². The van der Waals surface area contributed by atoms with Gasteiger partial charge in [-0.1, -0.05) is 86.6 Å². The molecular formula is C40H43CoN2P2+. The van der Waals surface area contributed by atoms with Gasteiger partial charge >= 0.3 is 0 Å². The summed E-state index contributed by atoms with van der Waals surface area (Å²) in [5.41, 5.74) is 4.22. The fourth-order valence-electron chi connectivity index (χ4n) is 5.53. The maximum Gasteiger partial charge on any atom is 0.0966 e. The molecule has 0 aliphatic carbocycles. The minimum atomic E-state index is -0.818. The van der Waals surface area contributed by atoms with Gasteiger partial charge in [0.25, 0.3) is 0 Å². The van der Waals surface area contributed by atoms with E-state index in [-0.39, 0.29) is 16.8 Å². The molecule has 0 aliphatic rings. The Kier molecular flexibility index (Phi) is 14.4. The van der Waals surface area contributed by atoms with Crippen LogP contribution in [0.4, 0.5) is 0 Å². The fraction of sp³-hybridized carbons (Fsp3) is 0.200. The van der Waals surface area contributed by atoms with Crippen molar-refractivity contribution in [2.45, 2.75) is 26.7 Å². The first-order valence-corrected chi connectivity index (χ1v) is 19.1. The normalized spacial score (nSPS) is 11.9. The second-order valence-electron chi connectivity index (χ2n) is 11.0. The predicted octanol–water partition coefficient (Wildman–Crippen LogP) is 7.61. The third kappa shape index (κ3) is 10.4. The van der Waals surface area contributed by atoms with Crippen molar-refractivity contribution in [3.05, 3.63) is 157 Å². The van der Waals surface area contributed by atoms with Gasteiger partial charge in [0.05, 0.1) is 49.4 Å². The zero-order valence-corrected chi connectivity index (χ0v) is 29.3. The number of hydrogen-bond acceptors (Lipinski definition) is 2. The average molecular weight is 673 g/mol. The minimum Gasteiger partial charge on any atom is -0.328 e. The van der Waals surface area contributed by atoms with E-state index in [1.54, 1.807) is 0 Å². The van der Waals surface area contributed by atoms with Crippen molar-refractivity contribution in [3.63, 3.8) is 0 Å². The fourth-order valence-corrected chi connectivity index (χ4v) is 10.8. The maximum absolute atomic E-state index is 4.97. The summed E-state index contributed by atoms with van der Waals surface area (Å²) in [5, 5.41) is 5.88. The summed E-state index contributed by atoms with van der Waals surface area (Å²) in [6, 6.07) is 53.9. The summed E-state index contributed by atoms with van der Waals surface area (Å²) in [6.45, 7) is 5.88. The molecule has 5 aromatic rings. The van der Waals surface area contributed by atoms with Crippen molar-refractivity contribution in [2.75, 3.05) is 25.4 Å². The van der Waals surface area contributed by atoms with Crippen molar-refractivity contribution in [3.8, 4) is 0 Å². The standard InChI is InChI=1S/C40H41N2P2.Co/c1-33(41-28-16-30-43(37-20-7-3-8-21-37)38-22-9-4-10-23-38)35-18-15-19-36(32-35)34(2)42-29-17-31-44(39-24-11-5-12-25-39)40-26-13-6-14-27-40;/h3-15,18-27H,16-17,28-31H2,1-2H3;/q-1;/p+2. The van der Waals surface area contributed by atoms with Crippen LogP contribution in [0.15, 0.2) is 150 Å². The molecule has 0 fully saturated rings. The topological polar surface area (TPSA) is 24.7 Å². The zero-order chi connectivity index (χ0) is 30.4. The second-order valence-corrected chi connectivity index (χ2v) is 16.3. The van der Waals surface area contributed by atoms with Crippen LogP contribution in [-0.4, -0.2) is 36.8 Å². The summed E-state index contributed by atoms with van der Waals surface area (Å²) in [5.74, 6) is 0. The van der Waals surface area contributed by atoms with Crippen LogP contribution in [-0.2, 0) is 16.8 Å². The monoisotopic (exact) mass is 672 g/mol. The first-order chi connectivity index (χ1) is 21.7. The maximum atomic E-state index is 4.97. The van der Waals surface area contributed by atoms with Gasteiger partial charge in [-0.25, -0.2) is 0 Å². The quantitative estimate of drug-likeness (QED) is 0.0503. The van der Waals surface area contributed by atoms with E-state index in [0.717, 1.165) is 48.5 Å². The smallest absolute Gasteiger partial charge is 0.0966 e. The van der Waals surface area contributed by atoms with E-state index >= 15 is 0 Å². The van der Waals surface area contributed by atoms with Gasteiger partial charge in [-0.2, -0.15) is 0 Å².